The van der Waals surface area contributed by atoms with Crippen LogP contribution in [0.15, 0.2) is 24.5 Å². The topological polar surface area (TPSA) is 106 Å². The van der Waals surface area contributed by atoms with E-state index in [1.54, 1.807) is 0 Å². The third-order valence-electron chi connectivity index (χ3n) is 3.00. The van der Waals surface area contributed by atoms with E-state index in [4.69, 9.17) is 0 Å². The zero-order valence-electron chi connectivity index (χ0n) is 15.0. The third kappa shape index (κ3) is 6.43. The molecular weight excluding hydrogens is 521 g/mol. The van der Waals surface area contributed by atoms with Gasteiger partial charge in [0.15, 0.2) is 41.9 Å². The molecule has 0 saturated carbocycles. The SMILES string of the molecule is CC[n+]1ccc(C)cc1.O=S(=O)([C-](S(=O)(=O)C(F)(F)F)S(=O)(=O)C(F)(F)F)C(F)(F)F. The average Bonchev–Trinajstić information content (AvgIpc) is 2.52. The summed E-state index contributed by atoms with van der Waals surface area (Å²) in [7, 11) is -24.1. The predicted molar refractivity (Wildman–Crippen MR) is 85.2 cm³/mol. The van der Waals surface area contributed by atoms with Gasteiger partial charge in [0.25, 0.3) is 0 Å². The minimum Gasteiger partial charge on any atom is -0.251 e. The molecule has 1 aromatic heterocycles. The molecule has 0 atom stereocenters. The van der Waals surface area contributed by atoms with Crippen molar-refractivity contribution in [2.24, 2.45) is 0 Å². The number of nitrogens with zero attached hydrogens (tertiary/aromatic N) is 1. The maximum atomic E-state index is 12.0. The van der Waals surface area contributed by atoms with E-state index in [0.717, 1.165) is 6.54 Å². The summed E-state index contributed by atoms with van der Waals surface area (Å²) in [6, 6.07) is 4.23. The summed E-state index contributed by atoms with van der Waals surface area (Å²) >= 11 is 0. The molecule has 19 heteroatoms. The average molecular weight is 533 g/mol. The van der Waals surface area contributed by atoms with Gasteiger partial charge in [-0.3, -0.25) is 25.3 Å². The Morgan fingerprint density at radius 2 is 0.968 bits per heavy atom. The van der Waals surface area contributed by atoms with Gasteiger partial charge in [-0.05, 0) is 19.4 Å². The maximum Gasteiger partial charge on any atom is 0.470 e. The summed E-state index contributed by atoms with van der Waals surface area (Å²) in [5, 5.41) is 0. The number of rotatable bonds is 4. The minimum absolute atomic E-state index is 1.06. The number of pyridine rings is 1. The van der Waals surface area contributed by atoms with Crippen LogP contribution in [0, 0.1) is 10.8 Å². The Balaban J connectivity index is 0.000000823. The van der Waals surface area contributed by atoms with Crippen molar-refractivity contribution >= 4 is 29.5 Å². The number of sulfone groups is 3. The van der Waals surface area contributed by atoms with Gasteiger partial charge in [-0.1, -0.05) is 0 Å². The fourth-order valence-electron chi connectivity index (χ4n) is 1.46. The number of hydrogen-bond donors (Lipinski definition) is 0. The standard InChI is InChI=1S/C8H12N.C4F9O6S3/c1-3-9-6-4-8(2)5-7-9;5-2(6,7)20(14,15)1(21(16,17)3(8,9)10)22(18,19)4(11,12)13/h4-7H,3H2,1-2H3;/q+1;-1. The zero-order valence-corrected chi connectivity index (χ0v) is 17.5. The van der Waals surface area contributed by atoms with Crippen LogP contribution in [0.5, 0.6) is 0 Å². The molecule has 7 nitrogen and oxygen atoms in total. The van der Waals surface area contributed by atoms with E-state index in [9.17, 15) is 64.8 Å². The van der Waals surface area contributed by atoms with Gasteiger partial charge in [0, 0.05) is 12.1 Å². The van der Waals surface area contributed by atoms with Crippen molar-refractivity contribution in [3.8, 4) is 0 Å². The highest BCUT2D eigenvalue weighted by Gasteiger charge is 2.63. The fourth-order valence-corrected chi connectivity index (χ4v) is 7.19. The molecule has 0 fully saturated rings. The highest BCUT2D eigenvalue weighted by atomic mass is 32.3. The van der Waals surface area contributed by atoms with Gasteiger partial charge in [-0.15, -0.1) is 0 Å². The summed E-state index contributed by atoms with van der Waals surface area (Å²) in [5.41, 5.74) is -19.9. The maximum absolute atomic E-state index is 12.0. The lowest BCUT2D eigenvalue weighted by Gasteiger charge is -2.31. The van der Waals surface area contributed by atoms with Crippen LogP contribution in [-0.4, -0.2) is 41.8 Å². The minimum atomic E-state index is -8.02. The molecule has 0 aliphatic carbocycles. The van der Waals surface area contributed by atoms with Crippen LogP contribution in [0.2, 0.25) is 0 Å². The first-order chi connectivity index (χ1) is 13.4. The Labute approximate surface area is 170 Å². The summed E-state index contributed by atoms with van der Waals surface area (Å²) < 4.78 is 170. The molecule has 0 saturated heterocycles. The van der Waals surface area contributed by atoms with E-state index in [2.05, 4.69) is 42.9 Å². The third-order valence-corrected chi connectivity index (χ3v) is 10.1. The fraction of sp³-hybridized carbons (Fsp3) is 0.500. The first-order valence-electron chi connectivity index (χ1n) is 7.21. The van der Waals surface area contributed by atoms with Gasteiger partial charge in [0.2, 0.25) is 0 Å². The lowest BCUT2D eigenvalue weighted by molar-refractivity contribution is -0.693. The number of aryl methyl sites for hydroxylation is 2. The lowest BCUT2D eigenvalue weighted by Crippen LogP contribution is -2.47. The normalized spacial score (nSPS) is 14.2. The summed E-state index contributed by atoms with van der Waals surface area (Å²) in [6.45, 7) is 5.29. The van der Waals surface area contributed by atoms with Crippen LogP contribution < -0.4 is 4.57 Å². The molecule has 0 aliphatic heterocycles. The number of aromatic nitrogens is 1. The highest BCUT2D eigenvalue weighted by molar-refractivity contribution is 8.29. The van der Waals surface area contributed by atoms with Crippen molar-refractivity contribution in [1.82, 2.24) is 0 Å². The van der Waals surface area contributed by atoms with E-state index in [1.807, 2.05) is 0 Å². The quantitative estimate of drug-likeness (QED) is 0.335. The molecule has 182 valence electrons. The Morgan fingerprint density at radius 1 is 0.710 bits per heavy atom. The van der Waals surface area contributed by atoms with Crippen molar-refractivity contribution in [1.29, 1.82) is 0 Å². The monoisotopic (exact) mass is 533 g/mol. The first-order valence-corrected chi connectivity index (χ1v) is 11.7. The van der Waals surface area contributed by atoms with Crippen LogP contribution >= 0.6 is 0 Å². The smallest absolute Gasteiger partial charge is 0.251 e. The second kappa shape index (κ2) is 9.08. The number of alkyl halides is 9. The molecule has 0 amide bonds. The predicted octanol–water partition coefficient (Wildman–Crippen LogP) is 2.54. The molecule has 1 aromatic rings. The summed E-state index contributed by atoms with van der Waals surface area (Å²) in [5.74, 6) is 0. The van der Waals surface area contributed by atoms with Gasteiger partial charge < -0.3 is 0 Å². The Kier molecular flexibility index (Phi) is 8.61. The lowest BCUT2D eigenvalue weighted by atomic mass is 10.3. The van der Waals surface area contributed by atoms with E-state index in [0.29, 0.717) is 0 Å². The molecule has 1 rings (SSSR count). The van der Waals surface area contributed by atoms with Crippen molar-refractivity contribution < 1.29 is 69.3 Å². The zero-order chi connectivity index (χ0) is 25.3. The van der Waals surface area contributed by atoms with Crippen LogP contribution in [-0.2, 0) is 36.1 Å². The van der Waals surface area contributed by atoms with E-state index in [1.165, 1.54) is 5.56 Å². The van der Waals surface area contributed by atoms with Gasteiger partial charge in [-0.25, -0.2) is 4.57 Å². The van der Waals surface area contributed by atoms with Crippen LogP contribution in [0.25, 0.3) is 0 Å². The summed E-state index contributed by atoms with van der Waals surface area (Å²) in [6.07, 6.45) is 4.19. The number of hydrogen-bond acceptors (Lipinski definition) is 6. The molecule has 1 heterocycles. The molecule has 0 spiro atoms. The van der Waals surface area contributed by atoms with Crippen molar-refractivity contribution in [2.45, 2.75) is 36.9 Å². The van der Waals surface area contributed by atoms with Gasteiger partial charge >= 0.3 is 16.5 Å². The van der Waals surface area contributed by atoms with Crippen molar-refractivity contribution in [3.05, 3.63) is 34.0 Å². The largest absolute Gasteiger partial charge is 0.470 e. The van der Waals surface area contributed by atoms with E-state index in [-0.39, 0.29) is 0 Å². The Bertz CT molecular complexity index is 966. The first kappa shape index (κ1) is 29.4. The van der Waals surface area contributed by atoms with E-state index < -0.39 is 50.0 Å². The van der Waals surface area contributed by atoms with Crippen molar-refractivity contribution in [3.63, 3.8) is 0 Å². The van der Waals surface area contributed by atoms with E-state index >= 15 is 0 Å². The van der Waals surface area contributed by atoms with Crippen LogP contribution in [0.4, 0.5) is 39.5 Å². The molecular formula is C12H12F9NO6S3. The molecule has 0 N–H and O–H groups in total. The number of halogens is 9. The summed E-state index contributed by atoms with van der Waals surface area (Å²) in [4.78, 5) is 0. The molecule has 0 radical (unpaired) electrons. The van der Waals surface area contributed by atoms with Crippen LogP contribution in [0.3, 0.4) is 0 Å². The Morgan fingerprint density at radius 3 is 1.16 bits per heavy atom. The second-order valence-corrected chi connectivity index (χ2v) is 11.7. The van der Waals surface area contributed by atoms with Crippen LogP contribution in [0.1, 0.15) is 12.5 Å². The molecule has 31 heavy (non-hydrogen) atoms. The molecule has 0 aromatic carbocycles. The highest BCUT2D eigenvalue weighted by Crippen LogP contribution is 2.47. The Hall–Kier alpha value is -1.63. The molecule has 0 unspecified atom stereocenters. The van der Waals surface area contributed by atoms with Crippen molar-refractivity contribution in [2.75, 3.05) is 0 Å². The molecule has 0 aliphatic rings. The van der Waals surface area contributed by atoms with Gasteiger partial charge in [0.1, 0.15) is 6.54 Å². The van der Waals surface area contributed by atoms with Gasteiger partial charge in [-0.2, -0.15) is 39.5 Å². The van der Waals surface area contributed by atoms with Gasteiger partial charge in [0.05, 0.1) is 3.91 Å². The second-order valence-electron chi connectivity index (χ2n) is 5.30. The molecule has 0 bridgehead atoms.